The smallest absolute Gasteiger partial charge is 0.242 e. The van der Waals surface area contributed by atoms with Gasteiger partial charge < -0.3 is 9.26 Å². The normalized spacial score (nSPS) is 11.5. The summed E-state index contributed by atoms with van der Waals surface area (Å²) in [6.45, 7) is -0.0407. The molecular weight excluding hydrogens is 270 g/mol. The number of nitrogens with one attached hydrogen (secondary N) is 1. The molecule has 2 rings (SSSR count). The van der Waals surface area contributed by atoms with E-state index < -0.39 is 10.0 Å². The molecule has 0 saturated carbocycles. The summed E-state index contributed by atoms with van der Waals surface area (Å²) in [5.41, 5.74) is 0.680. The average molecular weight is 283 g/mol. The first-order valence-corrected chi connectivity index (χ1v) is 7.29. The summed E-state index contributed by atoms with van der Waals surface area (Å²) < 4.78 is 34.4. The van der Waals surface area contributed by atoms with E-state index in [0.717, 1.165) is 6.26 Å². The molecule has 0 aliphatic carbocycles. The highest BCUT2D eigenvalue weighted by atomic mass is 32.2. The molecule has 8 heteroatoms. The zero-order valence-electron chi connectivity index (χ0n) is 10.5. The number of ether oxygens (including phenoxy) is 1. The monoisotopic (exact) mass is 283 g/mol. The highest BCUT2D eigenvalue weighted by Gasteiger charge is 2.13. The molecule has 0 aliphatic rings. The van der Waals surface area contributed by atoms with Gasteiger partial charge in [0.1, 0.15) is 5.75 Å². The van der Waals surface area contributed by atoms with Crippen molar-refractivity contribution in [2.45, 2.75) is 6.54 Å². The molecule has 19 heavy (non-hydrogen) atoms. The molecule has 0 unspecified atom stereocenters. The number of benzene rings is 1. The van der Waals surface area contributed by atoms with Crippen LogP contribution in [0, 0.1) is 0 Å². The minimum absolute atomic E-state index is 0.0407. The van der Waals surface area contributed by atoms with Gasteiger partial charge >= 0.3 is 0 Å². The second-order valence-electron chi connectivity index (χ2n) is 3.81. The summed E-state index contributed by atoms with van der Waals surface area (Å²) >= 11 is 0. The van der Waals surface area contributed by atoms with Crippen LogP contribution in [0.2, 0.25) is 0 Å². The van der Waals surface area contributed by atoms with Crippen LogP contribution in [0.25, 0.3) is 11.4 Å². The van der Waals surface area contributed by atoms with Crippen molar-refractivity contribution in [2.75, 3.05) is 13.4 Å². The van der Waals surface area contributed by atoms with Crippen molar-refractivity contribution in [3.63, 3.8) is 0 Å². The quantitative estimate of drug-likeness (QED) is 0.872. The fourth-order valence-corrected chi connectivity index (χ4v) is 1.84. The predicted octanol–water partition coefficient (Wildman–Crippen LogP) is 0.794. The predicted molar refractivity (Wildman–Crippen MR) is 68.0 cm³/mol. The van der Waals surface area contributed by atoms with Gasteiger partial charge in [0, 0.05) is 0 Å². The van der Waals surface area contributed by atoms with Crippen LogP contribution in [0.3, 0.4) is 0 Å². The Morgan fingerprint density at radius 1 is 1.37 bits per heavy atom. The van der Waals surface area contributed by atoms with Crippen LogP contribution < -0.4 is 9.46 Å². The van der Waals surface area contributed by atoms with Crippen LogP contribution in [-0.2, 0) is 16.6 Å². The number of aromatic nitrogens is 2. The van der Waals surface area contributed by atoms with E-state index in [2.05, 4.69) is 14.9 Å². The topological polar surface area (TPSA) is 94.3 Å². The Balaban J connectivity index is 2.21. The maximum absolute atomic E-state index is 11.0. The van der Waals surface area contributed by atoms with Gasteiger partial charge in [0.15, 0.2) is 0 Å². The number of rotatable bonds is 5. The van der Waals surface area contributed by atoms with E-state index in [4.69, 9.17) is 9.26 Å². The molecule has 0 bridgehead atoms. The molecule has 1 heterocycles. The summed E-state index contributed by atoms with van der Waals surface area (Å²) in [7, 11) is -1.75. The van der Waals surface area contributed by atoms with Gasteiger partial charge in [-0.15, -0.1) is 0 Å². The Morgan fingerprint density at radius 3 is 2.79 bits per heavy atom. The third-order valence-electron chi connectivity index (χ3n) is 2.30. The van der Waals surface area contributed by atoms with Crippen LogP contribution in [-0.4, -0.2) is 31.9 Å². The summed E-state index contributed by atoms with van der Waals surface area (Å²) in [6.07, 6.45) is 1.06. The average Bonchev–Trinajstić information content (AvgIpc) is 2.84. The van der Waals surface area contributed by atoms with Crippen molar-refractivity contribution in [1.29, 1.82) is 0 Å². The van der Waals surface area contributed by atoms with Gasteiger partial charge in [-0.3, -0.25) is 0 Å². The molecule has 0 spiro atoms. The lowest BCUT2D eigenvalue weighted by Crippen LogP contribution is -2.21. The lowest BCUT2D eigenvalue weighted by atomic mass is 10.2. The second kappa shape index (κ2) is 5.37. The Hall–Kier alpha value is -1.93. The summed E-state index contributed by atoms with van der Waals surface area (Å²) in [5.74, 6) is 1.15. The third kappa shape index (κ3) is 3.52. The van der Waals surface area contributed by atoms with Crippen molar-refractivity contribution in [1.82, 2.24) is 14.9 Å². The fraction of sp³-hybridized carbons (Fsp3) is 0.273. The number of hydrogen-bond acceptors (Lipinski definition) is 6. The molecule has 0 atom stereocenters. The van der Waals surface area contributed by atoms with E-state index in [1.165, 1.54) is 0 Å². The van der Waals surface area contributed by atoms with E-state index in [1.807, 2.05) is 12.1 Å². The standard InChI is InChI=1S/C11H13N3O4S/c1-17-9-6-4-3-5-8(9)11-13-10(18-14-11)7-12-19(2,15)16/h3-6,12H,7H2,1-2H3. The Bertz CT molecular complexity index is 666. The molecule has 0 amide bonds. The first-order valence-electron chi connectivity index (χ1n) is 5.40. The number of methoxy groups -OCH3 is 1. The van der Waals surface area contributed by atoms with Crippen LogP contribution in [0.1, 0.15) is 5.89 Å². The van der Waals surface area contributed by atoms with Gasteiger partial charge in [-0.25, -0.2) is 13.1 Å². The molecular formula is C11H13N3O4S. The molecule has 0 fully saturated rings. The first kappa shape index (κ1) is 13.5. The van der Waals surface area contributed by atoms with Gasteiger partial charge in [0.2, 0.25) is 21.7 Å². The first-order chi connectivity index (χ1) is 8.99. The molecule has 1 aromatic carbocycles. The Labute approximate surface area is 110 Å². The van der Waals surface area contributed by atoms with E-state index in [1.54, 1.807) is 19.2 Å². The van der Waals surface area contributed by atoms with Crippen LogP contribution in [0.15, 0.2) is 28.8 Å². The van der Waals surface area contributed by atoms with Crippen molar-refractivity contribution in [3.05, 3.63) is 30.2 Å². The largest absolute Gasteiger partial charge is 0.496 e. The van der Waals surface area contributed by atoms with Crippen molar-refractivity contribution in [3.8, 4) is 17.1 Å². The molecule has 0 saturated heterocycles. The van der Waals surface area contributed by atoms with Gasteiger partial charge in [0.25, 0.3) is 0 Å². The van der Waals surface area contributed by atoms with Gasteiger partial charge in [0.05, 0.1) is 25.5 Å². The fourth-order valence-electron chi connectivity index (χ4n) is 1.46. The van der Waals surface area contributed by atoms with Crippen molar-refractivity contribution < 1.29 is 17.7 Å². The Morgan fingerprint density at radius 2 is 2.11 bits per heavy atom. The number of sulfonamides is 1. The highest BCUT2D eigenvalue weighted by molar-refractivity contribution is 7.88. The highest BCUT2D eigenvalue weighted by Crippen LogP contribution is 2.26. The van der Waals surface area contributed by atoms with Crippen LogP contribution in [0.4, 0.5) is 0 Å². The molecule has 7 nitrogen and oxygen atoms in total. The van der Waals surface area contributed by atoms with Crippen molar-refractivity contribution in [2.24, 2.45) is 0 Å². The van der Waals surface area contributed by atoms with Crippen LogP contribution in [0.5, 0.6) is 5.75 Å². The minimum atomic E-state index is -3.29. The van der Waals surface area contributed by atoms with Crippen LogP contribution >= 0.6 is 0 Å². The summed E-state index contributed by atoms with van der Waals surface area (Å²) in [5, 5.41) is 3.79. The SMILES string of the molecule is COc1ccccc1-c1noc(CNS(C)(=O)=O)n1. The third-order valence-corrected chi connectivity index (χ3v) is 2.97. The molecule has 1 N–H and O–H groups in total. The number of para-hydroxylation sites is 1. The molecule has 102 valence electrons. The zero-order chi connectivity index (χ0) is 13.9. The van der Waals surface area contributed by atoms with Gasteiger partial charge in [-0.1, -0.05) is 17.3 Å². The van der Waals surface area contributed by atoms with Gasteiger partial charge in [-0.2, -0.15) is 4.98 Å². The number of hydrogen-bond donors (Lipinski definition) is 1. The zero-order valence-corrected chi connectivity index (χ0v) is 11.3. The lowest BCUT2D eigenvalue weighted by molar-refractivity contribution is 0.375. The molecule has 1 aromatic heterocycles. The maximum atomic E-state index is 11.0. The lowest BCUT2D eigenvalue weighted by Gasteiger charge is -2.03. The molecule has 2 aromatic rings. The van der Waals surface area contributed by atoms with E-state index in [9.17, 15) is 8.42 Å². The Kier molecular flexibility index (Phi) is 3.82. The van der Waals surface area contributed by atoms with Crippen molar-refractivity contribution >= 4 is 10.0 Å². The maximum Gasteiger partial charge on any atom is 0.242 e. The number of nitrogens with zero attached hydrogens (tertiary/aromatic N) is 2. The van der Waals surface area contributed by atoms with Gasteiger partial charge in [-0.05, 0) is 12.1 Å². The summed E-state index contributed by atoms with van der Waals surface area (Å²) in [4.78, 5) is 4.11. The van der Waals surface area contributed by atoms with E-state index >= 15 is 0 Å². The molecule has 0 aliphatic heterocycles. The molecule has 0 radical (unpaired) electrons. The van der Waals surface area contributed by atoms with E-state index in [0.29, 0.717) is 17.1 Å². The van der Waals surface area contributed by atoms with E-state index in [-0.39, 0.29) is 12.4 Å². The second-order valence-corrected chi connectivity index (χ2v) is 5.64. The minimum Gasteiger partial charge on any atom is -0.496 e. The summed E-state index contributed by atoms with van der Waals surface area (Å²) in [6, 6.07) is 7.22.